The van der Waals surface area contributed by atoms with Gasteiger partial charge in [0.05, 0.1) is 0 Å². The van der Waals surface area contributed by atoms with E-state index < -0.39 is 6.04 Å². The lowest BCUT2D eigenvalue weighted by atomic mass is 10.0. The molecule has 3 rings (SSSR count). The molecule has 2 amide bonds. The summed E-state index contributed by atoms with van der Waals surface area (Å²) in [5, 5.41) is 2.81. The number of oxazole rings is 1. The largest absolute Gasteiger partial charge is 0.447 e. The molecule has 1 fully saturated rings. The van der Waals surface area contributed by atoms with Gasteiger partial charge in [-0.2, -0.15) is 0 Å². The lowest BCUT2D eigenvalue weighted by molar-refractivity contribution is -0.121. The molecule has 1 N–H and O–H groups in total. The first-order valence-electron chi connectivity index (χ1n) is 8.18. The second-order valence-corrected chi connectivity index (χ2v) is 6.21. The van der Waals surface area contributed by atoms with Crippen LogP contribution in [-0.4, -0.2) is 29.4 Å². The van der Waals surface area contributed by atoms with E-state index in [1.54, 1.807) is 4.90 Å². The zero-order valence-corrected chi connectivity index (χ0v) is 13.9. The molecular weight excluding hydrogens is 306 g/mol. The van der Waals surface area contributed by atoms with Gasteiger partial charge in [0.15, 0.2) is 12.1 Å². The first-order chi connectivity index (χ1) is 11.6. The summed E-state index contributed by atoms with van der Waals surface area (Å²) in [6.45, 7) is 4.52. The summed E-state index contributed by atoms with van der Waals surface area (Å²) in [6.07, 6.45) is 2.73. The zero-order chi connectivity index (χ0) is 17.1. The molecule has 6 nitrogen and oxygen atoms in total. The molecule has 1 aliphatic heterocycles. The van der Waals surface area contributed by atoms with Crippen LogP contribution < -0.4 is 10.2 Å². The maximum absolute atomic E-state index is 12.7. The first-order valence-corrected chi connectivity index (χ1v) is 8.18. The number of anilines is 1. The minimum absolute atomic E-state index is 0.0520. The normalized spacial score (nSPS) is 18.0. The highest BCUT2D eigenvalue weighted by Gasteiger charge is 2.32. The number of nitrogens with zero attached hydrogens (tertiary/aromatic N) is 2. The van der Waals surface area contributed by atoms with E-state index in [2.05, 4.69) is 10.3 Å². The number of benzene rings is 1. The van der Waals surface area contributed by atoms with Crippen LogP contribution in [0.3, 0.4) is 0 Å². The van der Waals surface area contributed by atoms with Crippen LogP contribution >= 0.6 is 0 Å². The van der Waals surface area contributed by atoms with Crippen molar-refractivity contribution < 1.29 is 14.0 Å². The van der Waals surface area contributed by atoms with Crippen molar-refractivity contribution in [1.29, 1.82) is 0 Å². The van der Waals surface area contributed by atoms with Crippen molar-refractivity contribution in [1.82, 2.24) is 10.3 Å². The topological polar surface area (TPSA) is 75.4 Å². The maximum atomic E-state index is 12.7. The molecule has 0 spiro atoms. The van der Waals surface area contributed by atoms with Crippen molar-refractivity contribution in [3.8, 4) is 0 Å². The van der Waals surface area contributed by atoms with Gasteiger partial charge in [-0.3, -0.25) is 9.59 Å². The lowest BCUT2D eigenvalue weighted by Gasteiger charge is -2.32. The van der Waals surface area contributed by atoms with Crippen molar-refractivity contribution in [2.45, 2.75) is 38.6 Å². The minimum Gasteiger partial charge on any atom is -0.447 e. The molecule has 24 heavy (non-hydrogen) atoms. The van der Waals surface area contributed by atoms with Crippen LogP contribution in [0.1, 0.15) is 48.9 Å². The van der Waals surface area contributed by atoms with Gasteiger partial charge in [-0.15, -0.1) is 0 Å². The average molecular weight is 327 g/mol. The van der Waals surface area contributed by atoms with Crippen LogP contribution in [0.25, 0.3) is 0 Å². The van der Waals surface area contributed by atoms with Gasteiger partial charge in [0, 0.05) is 18.2 Å². The van der Waals surface area contributed by atoms with Gasteiger partial charge in [0.2, 0.25) is 5.91 Å². The average Bonchev–Trinajstić information content (AvgIpc) is 3.07. The van der Waals surface area contributed by atoms with E-state index in [1.165, 1.54) is 6.39 Å². The molecule has 1 saturated heterocycles. The van der Waals surface area contributed by atoms with E-state index in [-0.39, 0.29) is 23.4 Å². The SMILES string of the molecule is CC(C)c1ocnc1C(=O)N[C@H]1CCCN(c2ccccc2)C1=O. The number of hydrogen-bond donors (Lipinski definition) is 1. The van der Waals surface area contributed by atoms with Crippen molar-refractivity contribution in [2.75, 3.05) is 11.4 Å². The summed E-state index contributed by atoms with van der Waals surface area (Å²) < 4.78 is 5.29. The fraction of sp³-hybridized carbons (Fsp3) is 0.389. The molecule has 1 aliphatic rings. The first kappa shape index (κ1) is 16.2. The molecule has 1 atom stereocenters. The minimum atomic E-state index is -0.539. The number of rotatable bonds is 4. The molecule has 0 radical (unpaired) electrons. The molecule has 0 unspecified atom stereocenters. The second-order valence-electron chi connectivity index (χ2n) is 6.21. The fourth-order valence-corrected chi connectivity index (χ4v) is 2.94. The number of amides is 2. The summed E-state index contributed by atoms with van der Waals surface area (Å²) in [4.78, 5) is 30.9. The van der Waals surface area contributed by atoms with Crippen LogP contribution in [0.4, 0.5) is 5.69 Å². The molecule has 0 bridgehead atoms. The smallest absolute Gasteiger partial charge is 0.274 e. The molecular formula is C18H21N3O3. The summed E-state index contributed by atoms with van der Waals surface area (Å²) in [5.74, 6) is 0.142. The Morgan fingerprint density at radius 2 is 2.08 bits per heavy atom. The Balaban J connectivity index is 1.74. The highest BCUT2D eigenvalue weighted by Crippen LogP contribution is 2.22. The Labute approximate surface area is 140 Å². The Morgan fingerprint density at radius 1 is 1.33 bits per heavy atom. The molecule has 0 saturated carbocycles. The highest BCUT2D eigenvalue weighted by atomic mass is 16.3. The van der Waals surface area contributed by atoms with Gasteiger partial charge in [-0.25, -0.2) is 4.98 Å². The van der Waals surface area contributed by atoms with E-state index in [9.17, 15) is 9.59 Å². The van der Waals surface area contributed by atoms with E-state index in [1.807, 2.05) is 44.2 Å². The highest BCUT2D eigenvalue weighted by molar-refractivity contribution is 6.02. The summed E-state index contributed by atoms with van der Waals surface area (Å²) in [6, 6.07) is 8.97. The Morgan fingerprint density at radius 3 is 2.79 bits per heavy atom. The van der Waals surface area contributed by atoms with Gasteiger partial charge in [0.25, 0.3) is 5.91 Å². The Bertz CT molecular complexity index is 724. The van der Waals surface area contributed by atoms with E-state index in [0.29, 0.717) is 18.7 Å². The van der Waals surface area contributed by atoms with Gasteiger partial charge in [0.1, 0.15) is 11.8 Å². The summed E-state index contributed by atoms with van der Waals surface area (Å²) in [5.41, 5.74) is 1.11. The van der Waals surface area contributed by atoms with E-state index >= 15 is 0 Å². The third-order valence-corrected chi connectivity index (χ3v) is 4.15. The number of carbonyl (C=O) groups excluding carboxylic acids is 2. The Hall–Kier alpha value is -2.63. The summed E-state index contributed by atoms with van der Waals surface area (Å²) >= 11 is 0. The monoisotopic (exact) mass is 327 g/mol. The van der Waals surface area contributed by atoms with Crippen LogP contribution in [0.2, 0.25) is 0 Å². The molecule has 1 aromatic carbocycles. The number of carbonyl (C=O) groups is 2. The molecule has 1 aromatic heterocycles. The third kappa shape index (κ3) is 3.18. The van der Waals surface area contributed by atoms with Gasteiger partial charge < -0.3 is 14.6 Å². The van der Waals surface area contributed by atoms with Crippen molar-refractivity contribution in [2.24, 2.45) is 0 Å². The maximum Gasteiger partial charge on any atom is 0.274 e. The van der Waals surface area contributed by atoms with Crippen molar-refractivity contribution >= 4 is 17.5 Å². The third-order valence-electron chi connectivity index (χ3n) is 4.15. The number of aromatic nitrogens is 1. The predicted molar refractivity (Wildman–Crippen MR) is 89.9 cm³/mol. The molecule has 126 valence electrons. The fourth-order valence-electron chi connectivity index (χ4n) is 2.94. The van der Waals surface area contributed by atoms with E-state index in [4.69, 9.17) is 4.42 Å². The number of para-hydroxylation sites is 1. The van der Waals surface area contributed by atoms with Gasteiger partial charge in [-0.1, -0.05) is 32.0 Å². The van der Waals surface area contributed by atoms with Gasteiger partial charge in [-0.05, 0) is 25.0 Å². The lowest BCUT2D eigenvalue weighted by Crippen LogP contribution is -2.52. The standard InChI is InChI=1S/C18H21N3O3/c1-12(2)16-15(19-11-24-16)17(22)20-14-9-6-10-21(18(14)23)13-7-4-3-5-8-13/h3-5,7-8,11-12,14H,6,9-10H2,1-2H3,(H,20,22)/t14-/m0/s1. The summed E-state index contributed by atoms with van der Waals surface area (Å²) in [7, 11) is 0. The molecule has 0 aliphatic carbocycles. The molecule has 2 aromatic rings. The van der Waals surface area contributed by atoms with Gasteiger partial charge >= 0.3 is 0 Å². The van der Waals surface area contributed by atoms with Crippen LogP contribution in [-0.2, 0) is 4.79 Å². The zero-order valence-electron chi connectivity index (χ0n) is 13.9. The number of hydrogen-bond acceptors (Lipinski definition) is 4. The van der Waals surface area contributed by atoms with Crippen LogP contribution in [0.5, 0.6) is 0 Å². The molecule has 2 heterocycles. The number of piperidine rings is 1. The van der Waals surface area contributed by atoms with Crippen molar-refractivity contribution in [3.63, 3.8) is 0 Å². The van der Waals surface area contributed by atoms with Crippen LogP contribution in [0, 0.1) is 0 Å². The molecule has 6 heteroatoms. The second kappa shape index (κ2) is 6.86. The Kier molecular flexibility index (Phi) is 4.64. The number of nitrogens with one attached hydrogen (secondary N) is 1. The van der Waals surface area contributed by atoms with Crippen molar-refractivity contribution in [3.05, 3.63) is 48.2 Å². The predicted octanol–water partition coefficient (Wildman–Crippen LogP) is 2.72. The van der Waals surface area contributed by atoms with E-state index in [0.717, 1.165) is 12.1 Å². The quantitative estimate of drug-likeness (QED) is 0.937. The van der Waals surface area contributed by atoms with Crippen LogP contribution in [0.15, 0.2) is 41.1 Å².